The van der Waals surface area contributed by atoms with Crippen molar-refractivity contribution in [2.75, 3.05) is 19.4 Å². The van der Waals surface area contributed by atoms with Crippen LogP contribution in [0.2, 0.25) is 0 Å². The molecule has 1 aromatic rings. The van der Waals surface area contributed by atoms with Gasteiger partial charge in [0.15, 0.2) is 0 Å². The highest BCUT2D eigenvalue weighted by Crippen LogP contribution is 2.24. The Morgan fingerprint density at radius 2 is 2.32 bits per heavy atom. The number of ether oxygens (including phenoxy) is 1. The number of nitrogens with zero attached hydrogens (tertiary/aromatic N) is 1. The molecule has 1 aliphatic rings. The van der Waals surface area contributed by atoms with Crippen LogP contribution in [0, 0.1) is 11.7 Å². The topological polar surface area (TPSA) is 72.6 Å². The Morgan fingerprint density at radius 1 is 1.58 bits per heavy atom. The number of carbonyl (C=O) groups is 2. The van der Waals surface area contributed by atoms with Crippen LogP contribution in [-0.4, -0.2) is 30.4 Å². The Hall–Kier alpha value is -2.11. The molecule has 19 heavy (non-hydrogen) atoms. The second-order valence-corrected chi connectivity index (χ2v) is 4.51. The van der Waals surface area contributed by atoms with Gasteiger partial charge in [0.25, 0.3) is 0 Å². The van der Waals surface area contributed by atoms with Crippen molar-refractivity contribution in [3.05, 3.63) is 29.6 Å². The largest absolute Gasteiger partial charge is 0.469 e. The molecular formula is C13H15FN2O3. The molecule has 102 valence electrons. The van der Waals surface area contributed by atoms with Crippen molar-refractivity contribution in [1.82, 2.24) is 4.90 Å². The van der Waals surface area contributed by atoms with Gasteiger partial charge in [-0.3, -0.25) is 9.59 Å². The lowest BCUT2D eigenvalue weighted by atomic mass is 10.1. The van der Waals surface area contributed by atoms with Gasteiger partial charge in [0.05, 0.1) is 19.6 Å². The number of carbonyl (C=O) groups excluding carboxylic acids is 2. The molecule has 0 bridgehead atoms. The van der Waals surface area contributed by atoms with E-state index in [9.17, 15) is 14.0 Å². The molecule has 1 amide bonds. The molecule has 1 fully saturated rings. The summed E-state index contributed by atoms with van der Waals surface area (Å²) in [6.07, 6.45) is 0.0982. The molecule has 2 N–H and O–H groups in total. The van der Waals surface area contributed by atoms with Gasteiger partial charge in [-0.05, 0) is 12.1 Å². The molecule has 2 rings (SSSR count). The Kier molecular flexibility index (Phi) is 3.69. The maximum atomic E-state index is 13.6. The summed E-state index contributed by atoms with van der Waals surface area (Å²) in [6, 6.07) is 4.39. The molecule has 0 aliphatic carbocycles. The molecule has 1 heterocycles. The van der Waals surface area contributed by atoms with E-state index < -0.39 is 17.7 Å². The minimum Gasteiger partial charge on any atom is -0.469 e. The molecule has 1 saturated heterocycles. The average molecular weight is 266 g/mol. The average Bonchev–Trinajstić information content (AvgIpc) is 2.74. The Labute approximate surface area is 110 Å². The third kappa shape index (κ3) is 2.67. The number of hydrogen-bond acceptors (Lipinski definition) is 4. The summed E-state index contributed by atoms with van der Waals surface area (Å²) in [7, 11) is 1.28. The normalized spacial score (nSPS) is 18.7. The summed E-state index contributed by atoms with van der Waals surface area (Å²) in [5, 5.41) is 0. The van der Waals surface area contributed by atoms with Crippen molar-refractivity contribution in [1.29, 1.82) is 0 Å². The molecule has 0 spiro atoms. The Morgan fingerprint density at radius 3 is 2.95 bits per heavy atom. The van der Waals surface area contributed by atoms with Crippen molar-refractivity contribution in [3.8, 4) is 0 Å². The van der Waals surface area contributed by atoms with E-state index in [1.54, 1.807) is 6.07 Å². The second kappa shape index (κ2) is 5.26. The van der Waals surface area contributed by atoms with Crippen LogP contribution in [0.25, 0.3) is 0 Å². The highest BCUT2D eigenvalue weighted by molar-refractivity contribution is 5.86. The van der Waals surface area contributed by atoms with E-state index in [4.69, 9.17) is 5.73 Å². The van der Waals surface area contributed by atoms with Crippen LogP contribution < -0.4 is 5.73 Å². The lowest BCUT2D eigenvalue weighted by Gasteiger charge is -2.18. The number of hydrogen-bond donors (Lipinski definition) is 1. The van der Waals surface area contributed by atoms with Crippen LogP contribution in [-0.2, 0) is 20.9 Å². The fraction of sp³-hybridized carbons (Fsp3) is 0.385. The Bertz CT molecular complexity index is 498. The van der Waals surface area contributed by atoms with Crippen LogP contribution in [0.15, 0.2) is 18.2 Å². The van der Waals surface area contributed by atoms with Gasteiger partial charge in [-0.25, -0.2) is 4.39 Å². The van der Waals surface area contributed by atoms with Gasteiger partial charge in [0, 0.05) is 24.2 Å². The molecular weight excluding hydrogens is 251 g/mol. The number of likely N-dealkylation sites (tertiary alicyclic amines) is 1. The number of rotatable bonds is 3. The van der Waals surface area contributed by atoms with Crippen LogP contribution in [0.5, 0.6) is 0 Å². The second-order valence-electron chi connectivity index (χ2n) is 4.51. The van der Waals surface area contributed by atoms with E-state index in [1.807, 2.05) is 0 Å². The van der Waals surface area contributed by atoms with Gasteiger partial charge < -0.3 is 15.4 Å². The minimum atomic E-state index is -0.481. The third-order valence-electron chi connectivity index (χ3n) is 3.25. The predicted molar refractivity (Wildman–Crippen MR) is 66.4 cm³/mol. The van der Waals surface area contributed by atoms with Crippen LogP contribution in [0.1, 0.15) is 12.0 Å². The van der Waals surface area contributed by atoms with Crippen molar-refractivity contribution >= 4 is 17.6 Å². The number of halogens is 1. The summed E-state index contributed by atoms with van der Waals surface area (Å²) in [4.78, 5) is 24.6. The predicted octanol–water partition coefficient (Wildman–Crippen LogP) is 0.929. The number of nitrogens with two attached hydrogens (primary N) is 1. The van der Waals surface area contributed by atoms with Crippen molar-refractivity contribution in [2.24, 2.45) is 5.92 Å². The van der Waals surface area contributed by atoms with Gasteiger partial charge in [-0.1, -0.05) is 6.07 Å². The Balaban J connectivity index is 2.12. The number of benzene rings is 1. The number of amides is 1. The summed E-state index contributed by atoms with van der Waals surface area (Å²) in [6.45, 7) is 0.310. The standard InChI is InChI=1S/C13H15FN2O3/c1-19-13(18)8-5-12(17)16(6-8)7-9-10(14)3-2-4-11(9)15/h2-4,8H,5-7,15H2,1H3. The third-order valence-corrected chi connectivity index (χ3v) is 3.25. The molecule has 0 saturated carbocycles. The minimum absolute atomic E-state index is 0.0742. The summed E-state index contributed by atoms with van der Waals surface area (Å²) in [5.41, 5.74) is 6.28. The maximum Gasteiger partial charge on any atom is 0.310 e. The smallest absolute Gasteiger partial charge is 0.310 e. The van der Waals surface area contributed by atoms with Gasteiger partial charge in [-0.2, -0.15) is 0 Å². The van der Waals surface area contributed by atoms with Crippen LogP contribution in [0.4, 0.5) is 10.1 Å². The quantitative estimate of drug-likeness (QED) is 0.652. The lowest BCUT2D eigenvalue weighted by molar-refractivity contribution is -0.145. The SMILES string of the molecule is COC(=O)C1CC(=O)N(Cc2c(N)cccc2F)C1. The summed E-state index contributed by atoms with van der Waals surface area (Å²) < 4.78 is 18.3. The van der Waals surface area contributed by atoms with Gasteiger partial charge in [0.2, 0.25) is 5.91 Å². The molecule has 0 aromatic heterocycles. The van der Waals surface area contributed by atoms with E-state index in [1.165, 1.54) is 24.1 Å². The highest BCUT2D eigenvalue weighted by Gasteiger charge is 2.35. The first-order valence-corrected chi connectivity index (χ1v) is 5.91. The molecule has 1 unspecified atom stereocenters. The van der Waals surface area contributed by atoms with Crippen LogP contribution >= 0.6 is 0 Å². The number of anilines is 1. The lowest BCUT2D eigenvalue weighted by Crippen LogP contribution is -2.27. The fourth-order valence-electron chi connectivity index (χ4n) is 2.18. The van der Waals surface area contributed by atoms with E-state index in [0.29, 0.717) is 5.69 Å². The van der Waals surface area contributed by atoms with E-state index in [0.717, 1.165) is 0 Å². The zero-order valence-electron chi connectivity index (χ0n) is 10.6. The molecule has 1 atom stereocenters. The zero-order chi connectivity index (χ0) is 14.0. The van der Waals surface area contributed by atoms with Crippen molar-refractivity contribution in [3.63, 3.8) is 0 Å². The van der Waals surface area contributed by atoms with Gasteiger partial charge in [-0.15, -0.1) is 0 Å². The van der Waals surface area contributed by atoms with E-state index in [2.05, 4.69) is 4.74 Å². The zero-order valence-corrected chi connectivity index (χ0v) is 10.6. The molecule has 1 aromatic carbocycles. The highest BCUT2D eigenvalue weighted by atomic mass is 19.1. The maximum absolute atomic E-state index is 13.6. The number of methoxy groups -OCH3 is 1. The fourth-order valence-corrected chi connectivity index (χ4v) is 2.18. The first-order valence-electron chi connectivity index (χ1n) is 5.91. The number of esters is 1. The first-order chi connectivity index (χ1) is 9.02. The van der Waals surface area contributed by atoms with Crippen molar-refractivity contribution < 1.29 is 18.7 Å². The van der Waals surface area contributed by atoms with Crippen LogP contribution in [0.3, 0.4) is 0 Å². The van der Waals surface area contributed by atoms with E-state index in [-0.39, 0.29) is 31.0 Å². The first kappa shape index (κ1) is 13.3. The molecule has 1 aliphatic heterocycles. The van der Waals surface area contributed by atoms with Gasteiger partial charge in [0.1, 0.15) is 5.82 Å². The summed E-state index contributed by atoms with van der Waals surface area (Å²) >= 11 is 0. The van der Waals surface area contributed by atoms with Gasteiger partial charge >= 0.3 is 5.97 Å². The summed E-state index contributed by atoms with van der Waals surface area (Å²) in [5.74, 6) is -1.55. The molecule has 6 heteroatoms. The monoisotopic (exact) mass is 266 g/mol. The molecule has 0 radical (unpaired) electrons. The van der Waals surface area contributed by atoms with Crippen molar-refractivity contribution in [2.45, 2.75) is 13.0 Å². The molecule has 5 nitrogen and oxygen atoms in total. The number of nitrogen functional groups attached to an aromatic ring is 1. The van der Waals surface area contributed by atoms with E-state index >= 15 is 0 Å².